The Balaban J connectivity index is 4.16. The quantitative estimate of drug-likeness (QED) is 0.582. The predicted octanol–water partition coefficient (Wildman–Crippen LogP) is 1.37. The van der Waals surface area contributed by atoms with Crippen molar-refractivity contribution in [2.45, 2.75) is 52.5 Å². The van der Waals surface area contributed by atoms with Crippen LogP contribution in [0.4, 0.5) is 0 Å². The van der Waals surface area contributed by atoms with Gasteiger partial charge in [0, 0.05) is 13.0 Å². The van der Waals surface area contributed by atoms with Gasteiger partial charge < -0.3 is 16.2 Å². The monoisotopic (exact) mass is 258 g/mol. The number of amides is 1. The van der Waals surface area contributed by atoms with E-state index in [1.807, 2.05) is 20.8 Å². The summed E-state index contributed by atoms with van der Waals surface area (Å²) >= 11 is 0. The van der Waals surface area contributed by atoms with E-state index in [-0.39, 0.29) is 18.2 Å². The second kappa shape index (κ2) is 8.91. The van der Waals surface area contributed by atoms with Crippen LogP contribution in [-0.2, 0) is 9.59 Å². The summed E-state index contributed by atoms with van der Waals surface area (Å²) in [7, 11) is 0. The van der Waals surface area contributed by atoms with E-state index in [4.69, 9.17) is 10.8 Å². The maximum Gasteiger partial charge on any atom is 0.303 e. The van der Waals surface area contributed by atoms with Gasteiger partial charge in [-0.3, -0.25) is 9.59 Å². The molecule has 0 aromatic rings. The van der Waals surface area contributed by atoms with Crippen molar-refractivity contribution in [3.05, 3.63) is 0 Å². The van der Waals surface area contributed by atoms with Gasteiger partial charge in [0.1, 0.15) is 0 Å². The summed E-state index contributed by atoms with van der Waals surface area (Å²) < 4.78 is 0. The van der Waals surface area contributed by atoms with Gasteiger partial charge in [0.05, 0.1) is 6.04 Å². The van der Waals surface area contributed by atoms with Crippen molar-refractivity contribution in [1.82, 2.24) is 5.32 Å². The second-order valence-electron chi connectivity index (χ2n) is 5.23. The maximum atomic E-state index is 11.6. The third-order valence-electron chi connectivity index (χ3n) is 2.77. The normalized spacial score (nSPS) is 14.3. The van der Waals surface area contributed by atoms with Crippen molar-refractivity contribution in [3.8, 4) is 0 Å². The number of rotatable bonds is 9. The fourth-order valence-corrected chi connectivity index (χ4v) is 1.97. The van der Waals surface area contributed by atoms with Gasteiger partial charge in [0.25, 0.3) is 0 Å². The topological polar surface area (TPSA) is 92.4 Å². The Morgan fingerprint density at radius 3 is 2.39 bits per heavy atom. The summed E-state index contributed by atoms with van der Waals surface area (Å²) in [6.07, 6.45) is 2.38. The minimum Gasteiger partial charge on any atom is -0.481 e. The predicted molar refractivity (Wildman–Crippen MR) is 71.1 cm³/mol. The van der Waals surface area contributed by atoms with Crippen LogP contribution in [0.1, 0.15) is 46.5 Å². The summed E-state index contributed by atoms with van der Waals surface area (Å²) in [5.41, 5.74) is 5.69. The van der Waals surface area contributed by atoms with Crippen molar-refractivity contribution in [1.29, 1.82) is 0 Å². The Morgan fingerprint density at radius 2 is 1.94 bits per heavy atom. The number of hydrogen-bond acceptors (Lipinski definition) is 3. The summed E-state index contributed by atoms with van der Waals surface area (Å²) in [4.78, 5) is 22.4. The zero-order valence-electron chi connectivity index (χ0n) is 11.6. The Kier molecular flexibility index (Phi) is 8.37. The van der Waals surface area contributed by atoms with E-state index >= 15 is 0 Å². The summed E-state index contributed by atoms with van der Waals surface area (Å²) in [6.45, 7) is 6.44. The van der Waals surface area contributed by atoms with Crippen molar-refractivity contribution in [3.63, 3.8) is 0 Å². The van der Waals surface area contributed by atoms with Crippen LogP contribution in [0.3, 0.4) is 0 Å². The molecule has 0 heterocycles. The lowest BCUT2D eigenvalue weighted by Gasteiger charge is -2.19. The third kappa shape index (κ3) is 8.06. The molecular weight excluding hydrogens is 232 g/mol. The molecule has 4 N–H and O–H groups in total. The first-order valence-corrected chi connectivity index (χ1v) is 6.61. The molecule has 0 aromatic heterocycles. The molecule has 0 spiro atoms. The lowest BCUT2D eigenvalue weighted by molar-refractivity contribution is -0.138. The minimum absolute atomic E-state index is 0.0275. The van der Waals surface area contributed by atoms with Gasteiger partial charge in [0.2, 0.25) is 5.91 Å². The Hall–Kier alpha value is -1.10. The van der Waals surface area contributed by atoms with Crippen LogP contribution in [0.5, 0.6) is 0 Å². The van der Waals surface area contributed by atoms with Gasteiger partial charge in [-0.2, -0.15) is 0 Å². The largest absolute Gasteiger partial charge is 0.481 e. The Labute approximate surface area is 109 Å². The molecule has 1 amide bonds. The lowest BCUT2D eigenvalue weighted by Crippen LogP contribution is -2.42. The average Bonchev–Trinajstić information content (AvgIpc) is 2.24. The van der Waals surface area contributed by atoms with Crippen LogP contribution in [0, 0.1) is 11.8 Å². The number of carboxylic acid groups (broad SMARTS) is 1. The van der Waals surface area contributed by atoms with Gasteiger partial charge in [-0.15, -0.1) is 0 Å². The van der Waals surface area contributed by atoms with E-state index in [9.17, 15) is 9.59 Å². The SMILES string of the molecule is CCC[C@H](N)C(=O)NCC(CC(=O)O)CC(C)C. The van der Waals surface area contributed by atoms with E-state index < -0.39 is 12.0 Å². The highest BCUT2D eigenvalue weighted by Crippen LogP contribution is 2.14. The number of hydrogen-bond donors (Lipinski definition) is 3. The van der Waals surface area contributed by atoms with E-state index in [1.54, 1.807) is 0 Å². The molecular formula is C13H26N2O3. The van der Waals surface area contributed by atoms with Crippen molar-refractivity contribution in [2.24, 2.45) is 17.6 Å². The molecule has 0 rings (SSSR count). The number of aliphatic carboxylic acids is 1. The highest BCUT2D eigenvalue weighted by atomic mass is 16.4. The zero-order chi connectivity index (χ0) is 14.1. The molecule has 0 aromatic carbocycles. The van der Waals surface area contributed by atoms with Gasteiger partial charge >= 0.3 is 5.97 Å². The van der Waals surface area contributed by atoms with Crippen molar-refractivity contribution >= 4 is 11.9 Å². The van der Waals surface area contributed by atoms with Crippen molar-refractivity contribution in [2.75, 3.05) is 6.54 Å². The lowest BCUT2D eigenvalue weighted by atomic mass is 9.94. The zero-order valence-corrected chi connectivity index (χ0v) is 11.6. The number of nitrogens with two attached hydrogens (primary N) is 1. The van der Waals surface area contributed by atoms with Crippen LogP contribution in [0.25, 0.3) is 0 Å². The van der Waals surface area contributed by atoms with Crippen LogP contribution in [-0.4, -0.2) is 29.6 Å². The number of carboxylic acids is 1. The number of nitrogens with one attached hydrogen (secondary N) is 1. The smallest absolute Gasteiger partial charge is 0.303 e. The fraction of sp³-hybridized carbons (Fsp3) is 0.846. The molecule has 0 aliphatic rings. The number of carbonyl (C=O) groups excluding carboxylic acids is 1. The molecule has 1 unspecified atom stereocenters. The Bertz CT molecular complexity index is 267. The molecule has 106 valence electrons. The molecule has 0 bridgehead atoms. The highest BCUT2D eigenvalue weighted by molar-refractivity contribution is 5.81. The van der Waals surface area contributed by atoms with Crippen molar-refractivity contribution < 1.29 is 14.7 Å². The molecule has 2 atom stereocenters. The molecule has 0 radical (unpaired) electrons. The molecule has 0 aliphatic carbocycles. The molecule has 18 heavy (non-hydrogen) atoms. The second-order valence-corrected chi connectivity index (χ2v) is 5.23. The van der Waals surface area contributed by atoms with E-state index in [0.717, 1.165) is 12.8 Å². The van der Waals surface area contributed by atoms with Gasteiger partial charge in [-0.1, -0.05) is 27.2 Å². The molecule has 0 saturated carbocycles. The molecule has 5 heteroatoms. The van der Waals surface area contributed by atoms with Gasteiger partial charge in [-0.05, 0) is 24.7 Å². The summed E-state index contributed by atoms with van der Waals surface area (Å²) in [6, 6.07) is -0.487. The Morgan fingerprint density at radius 1 is 1.33 bits per heavy atom. The van der Waals surface area contributed by atoms with Gasteiger partial charge in [0.15, 0.2) is 0 Å². The fourth-order valence-electron chi connectivity index (χ4n) is 1.97. The first kappa shape index (κ1) is 16.9. The van der Waals surface area contributed by atoms with Crippen LogP contribution in [0.15, 0.2) is 0 Å². The first-order chi connectivity index (χ1) is 8.36. The average molecular weight is 258 g/mol. The third-order valence-corrected chi connectivity index (χ3v) is 2.77. The van der Waals surface area contributed by atoms with E-state index in [0.29, 0.717) is 18.9 Å². The maximum absolute atomic E-state index is 11.6. The van der Waals surface area contributed by atoms with Crippen LogP contribution < -0.4 is 11.1 Å². The molecule has 5 nitrogen and oxygen atoms in total. The molecule has 0 aliphatic heterocycles. The minimum atomic E-state index is -0.826. The van der Waals surface area contributed by atoms with E-state index in [1.165, 1.54) is 0 Å². The van der Waals surface area contributed by atoms with Gasteiger partial charge in [-0.25, -0.2) is 0 Å². The molecule has 0 saturated heterocycles. The van der Waals surface area contributed by atoms with Crippen LogP contribution in [0.2, 0.25) is 0 Å². The summed E-state index contributed by atoms with van der Waals surface area (Å²) in [5, 5.41) is 11.6. The van der Waals surface area contributed by atoms with Crippen LogP contribution >= 0.6 is 0 Å². The molecule has 0 fully saturated rings. The summed E-state index contributed by atoms with van der Waals surface area (Å²) in [5.74, 6) is -0.625. The van der Waals surface area contributed by atoms with E-state index in [2.05, 4.69) is 5.32 Å². The number of carbonyl (C=O) groups is 2. The standard InChI is InChI=1S/C13H26N2O3/c1-4-5-11(14)13(18)15-8-10(6-9(2)3)7-12(16)17/h9-11H,4-8,14H2,1-3H3,(H,15,18)(H,16,17)/t10?,11-/m0/s1. The first-order valence-electron chi connectivity index (χ1n) is 6.61. The highest BCUT2D eigenvalue weighted by Gasteiger charge is 2.18.